The van der Waals surface area contributed by atoms with Gasteiger partial charge in [0.2, 0.25) is 6.43 Å². The summed E-state index contributed by atoms with van der Waals surface area (Å²) in [5.41, 5.74) is 4.31. The number of halogens is 2. The number of aromatic nitrogens is 2. The minimum Gasteiger partial charge on any atom is -0.393 e. The maximum absolute atomic E-state index is 13.2. The summed E-state index contributed by atoms with van der Waals surface area (Å²) in [6.45, 7) is -1.07. The first-order chi connectivity index (χ1) is 10.4. The smallest absolute Gasteiger partial charge is 0.330 e. The van der Waals surface area contributed by atoms with Crippen LogP contribution in [-0.2, 0) is 4.74 Å². The van der Waals surface area contributed by atoms with E-state index in [2.05, 4.69) is 10.0 Å². The minimum absolute atomic E-state index is 0.617. The van der Waals surface area contributed by atoms with Gasteiger partial charge in [-0.15, -0.1) is 0 Å². The van der Waals surface area contributed by atoms with Crippen LogP contribution < -0.4 is 11.2 Å². The molecule has 1 aliphatic heterocycles. The van der Waals surface area contributed by atoms with Gasteiger partial charge in [-0.1, -0.05) is 5.11 Å². The second-order valence-corrected chi connectivity index (χ2v) is 4.57. The summed E-state index contributed by atoms with van der Waals surface area (Å²) >= 11 is 0. The molecule has 12 heteroatoms. The quantitative estimate of drug-likeness (QED) is 0.380. The van der Waals surface area contributed by atoms with Gasteiger partial charge in [-0.3, -0.25) is 14.3 Å². The molecule has 0 radical (unpaired) electrons. The number of nitrogens with one attached hydrogen (secondary N) is 1. The van der Waals surface area contributed by atoms with Crippen LogP contribution in [0.1, 0.15) is 6.23 Å². The maximum atomic E-state index is 13.2. The number of H-pyrrole nitrogens is 1. The van der Waals surface area contributed by atoms with Gasteiger partial charge < -0.3 is 14.9 Å². The number of ether oxygens (including phenoxy) is 1. The van der Waals surface area contributed by atoms with Gasteiger partial charge in [-0.2, -0.15) is 0 Å². The molecule has 3 N–H and O–H groups in total. The number of azide groups is 1. The van der Waals surface area contributed by atoms with Crippen molar-refractivity contribution in [2.24, 2.45) is 11.0 Å². The lowest BCUT2D eigenvalue weighted by molar-refractivity contribution is -0.125. The second-order valence-electron chi connectivity index (χ2n) is 4.57. The molecule has 1 aliphatic rings. The molecule has 120 valence electrons. The van der Waals surface area contributed by atoms with E-state index in [-0.39, 0.29) is 0 Å². The molecular formula is C10H11F2N5O5. The van der Waals surface area contributed by atoms with Crippen LogP contribution in [0.25, 0.3) is 10.4 Å². The van der Waals surface area contributed by atoms with Crippen molar-refractivity contribution in [1.29, 1.82) is 0 Å². The second kappa shape index (κ2) is 5.85. The third-order valence-corrected chi connectivity index (χ3v) is 3.34. The van der Waals surface area contributed by atoms with Gasteiger partial charge in [0, 0.05) is 17.2 Å². The van der Waals surface area contributed by atoms with Crippen LogP contribution in [0, 0.1) is 5.92 Å². The van der Waals surface area contributed by atoms with E-state index in [0.717, 1.165) is 12.3 Å². The van der Waals surface area contributed by atoms with Crippen molar-refractivity contribution in [2.45, 2.75) is 24.5 Å². The minimum atomic E-state index is -3.15. The fraction of sp³-hybridized carbons (Fsp3) is 0.600. The molecule has 0 amide bonds. The summed E-state index contributed by atoms with van der Waals surface area (Å²) in [6, 6.07) is 0.895. The molecule has 1 aromatic heterocycles. The lowest BCUT2D eigenvalue weighted by atomic mass is 9.96. The Labute approximate surface area is 120 Å². The number of hydrogen-bond acceptors (Lipinski definition) is 6. The predicted molar refractivity (Wildman–Crippen MR) is 65.9 cm³/mol. The van der Waals surface area contributed by atoms with Gasteiger partial charge >= 0.3 is 5.69 Å². The van der Waals surface area contributed by atoms with Crippen LogP contribution in [0.3, 0.4) is 0 Å². The molecule has 0 saturated carbocycles. The molecule has 2 heterocycles. The number of rotatable bonds is 4. The molecule has 0 aliphatic carbocycles. The van der Waals surface area contributed by atoms with Gasteiger partial charge in [-0.25, -0.2) is 13.6 Å². The first-order valence-corrected chi connectivity index (χ1v) is 5.99. The Morgan fingerprint density at radius 2 is 2.27 bits per heavy atom. The van der Waals surface area contributed by atoms with Crippen LogP contribution >= 0.6 is 0 Å². The molecule has 1 saturated heterocycles. The maximum Gasteiger partial charge on any atom is 0.330 e. The summed E-state index contributed by atoms with van der Waals surface area (Å²) in [5.74, 6) is -1.96. The Morgan fingerprint density at radius 3 is 2.77 bits per heavy atom. The van der Waals surface area contributed by atoms with Gasteiger partial charge in [-0.05, 0) is 5.53 Å². The average molecular weight is 319 g/mol. The Morgan fingerprint density at radius 1 is 1.59 bits per heavy atom. The van der Waals surface area contributed by atoms with Crippen LogP contribution in [-0.4, -0.2) is 44.6 Å². The number of aromatic amines is 1. The third-order valence-electron chi connectivity index (χ3n) is 3.34. The SMILES string of the molecule is [N-]=[N+]=N[C@]1(CO)O[C@@H](n2ccc(=O)[nH]c2=O)[C@@H](C(F)F)[C@@H]1O. The van der Waals surface area contributed by atoms with Crippen molar-refractivity contribution >= 4 is 0 Å². The normalized spacial score (nSPS) is 31.2. The topological polar surface area (TPSA) is 153 Å². The molecule has 4 atom stereocenters. The number of hydrogen-bond donors (Lipinski definition) is 3. The van der Waals surface area contributed by atoms with Crippen molar-refractivity contribution in [2.75, 3.05) is 6.61 Å². The fourth-order valence-corrected chi connectivity index (χ4v) is 2.27. The van der Waals surface area contributed by atoms with E-state index in [0.29, 0.717) is 4.57 Å². The zero-order chi connectivity index (χ0) is 16.5. The summed E-state index contributed by atoms with van der Waals surface area (Å²) in [7, 11) is 0. The number of aliphatic hydroxyl groups is 2. The molecule has 1 fully saturated rings. The van der Waals surface area contributed by atoms with Crippen LogP contribution in [0.4, 0.5) is 8.78 Å². The van der Waals surface area contributed by atoms with Gasteiger partial charge in [0.15, 0.2) is 5.72 Å². The largest absolute Gasteiger partial charge is 0.393 e. The highest BCUT2D eigenvalue weighted by atomic mass is 19.3. The Balaban J connectivity index is 2.56. The van der Waals surface area contributed by atoms with Crippen molar-refractivity contribution in [1.82, 2.24) is 9.55 Å². The molecule has 1 aromatic rings. The van der Waals surface area contributed by atoms with E-state index in [1.165, 1.54) is 0 Å². The molecule has 0 bridgehead atoms. The lowest BCUT2D eigenvalue weighted by Gasteiger charge is -2.24. The highest BCUT2D eigenvalue weighted by Crippen LogP contribution is 2.44. The summed E-state index contributed by atoms with van der Waals surface area (Å²) in [6.07, 6.45) is -6.05. The number of aliphatic hydroxyl groups excluding tert-OH is 2. The van der Waals surface area contributed by atoms with Gasteiger partial charge in [0.05, 0.1) is 12.5 Å². The van der Waals surface area contributed by atoms with Crippen molar-refractivity contribution < 1.29 is 23.7 Å². The fourth-order valence-electron chi connectivity index (χ4n) is 2.27. The summed E-state index contributed by atoms with van der Waals surface area (Å²) < 4.78 is 32.1. The standard InChI is InChI=1S/C10H11F2N5O5/c11-7(12)5-6(20)10(3-18,15-16-13)22-8(5)17-2-1-4(19)14-9(17)21/h1-2,5-8,18,20H,3H2,(H,14,19,21)/t5-,6+,8-,10-/m1/s1. The van der Waals surface area contributed by atoms with E-state index < -0.39 is 48.3 Å². The monoisotopic (exact) mass is 319 g/mol. The summed E-state index contributed by atoms with van der Waals surface area (Å²) in [4.78, 5) is 26.9. The number of alkyl halides is 2. The molecule has 10 nitrogen and oxygen atoms in total. The van der Waals surface area contributed by atoms with Crippen molar-refractivity contribution in [3.05, 3.63) is 43.5 Å². The van der Waals surface area contributed by atoms with Gasteiger partial charge in [0.1, 0.15) is 12.3 Å². The van der Waals surface area contributed by atoms with Gasteiger partial charge in [0.25, 0.3) is 5.56 Å². The Bertz CT molecular complexity index is 714. The Hall–Kier alpha value is -2.27. The molecule has 2 rings (SSSR count). The van der Waals surface area contributed by atoms with E-state index in [1.54, 1.807) is 0 Å². The van der Waals surface area contributed by atoms with E-state index in [4.69, 9.17) is 10.3 Å². The molecule has 0 spiro atoms. The lowest BCUT2D eigenvalue weighted by Crippen LogP contribution is -2.44. The van der Waals surface area contributed by atoms with Crippen molar-refractivity contribution in [3.63, 3.8) is 0 Å². The van der Waals surface area contributed by atoms with Crippen LogP contribution in [0.5, 0.6) is 0 Å². The molecule has 22 heavy (non-hydrogen) atoms. The van der Waals surface area contributed by atoms with E-state index in [9.17, 15) is 28.6 Å². The third kappa shape index (κ3) is 2.48. The molecule has 0 unspecified atom stereocenters. The van der Waals surface area contributed by atoms with Crippen LogP contribution in [0.2, 0.25) is 0 Å². The zero-order valence-electron chi connectivity index (χ0n) is 10.8. The molecular weight excluding hydrogens is 308 g/mol. The highest BCUT2D eigenvalue weighted by Gasteiger charge is 2.58. The summed E-state index contributed by atoms with van der Waals surface area (Å²) in [5, 5.41) is 22.3. The first kappa shape index (κ1) is 16.1. The predicted octanol–water partition coefficient (Wildman–Crippen LogP) is -0.693. The van der Waals surface area contributed by atoms with Crippen LogP contribution in [0.15, 0.2) is 27.0 Å². The number of nitrogens with zero attached hydrogens (tertiary/aromatic N) is 4. The van der Waals surface area contributed by atoms with Crippen molar-refractivity contribution in [3.8, 4) is 0 Å². The average Bonchev–Trinajstić information content (AvgIpc) is 2.73. The zero-order valence-corrected chi connectivity index (χ0v) is 10.8. The van der Waals surface area contributed by atoms with E-state index >= 15 is 0 Å². The molecule has 0 aromatic carbocycles. The first-order valence-electron chi connectivity index (χ1n) is 5.99. The van der Waals surface area contributed by atoms with E-state index in [1.807, 2.05) is 4.98 Å². The highest BCUT2D eigenvalue weighted by molar-refractivity contribution is 5.01. The Kier molecular flexibility index (Phi) is 4.28.